The first-order chi connectivity index (χ1) is 21.8. The first-order valence-electron chi connectivity index (χ1n) is 10.6. The lowest BCUT2D eigenvalue weighted by molar-refractivity contribution is -0.492. The largest absolute Gasteiger partial charge is 0.438 e. The molecular formula is C16H3F31O4S. The van der Waals surface area contributed by atoms with Gasteiger partial charge in [0, 0.05) is 0 Å². The van der Waals surface area contributed by atoms with Crippen molar-refractivity contribution in [2.75, 3.05) is 6.86 Å². The lowest BCUT2D eigenvalue weighted by Crippen LogP contribution is -2.79. The van der Waals surface area contributed by atoms with Crippen LogP contribution < -0.4 is 0 Å². The van der Waals surface area contributed by atoms with Crippen molar-refractivity contribution >= 4 is 10.1 Å². The zero-order valence-corrected chi connectivity index (χ0v) is 22.8. The van der Waals surface area contributed by atoms with Crippen LogP contribution in [0.4, 0.5) is 136 Å². The minimum absolute atomic E-state index is 1.75. The van der Waals surface area contributed by atoms with Crippen LogP contribution in [0.2, 0.25) is 0 Å². The maximum atomic E-state index is 13.8. The Morgan fingerprint density at radius 1 is 0.327 bits per heavy atom. The van der Waals surface area contributed by atoms with E-state index in [-0.39, 0.29) is 0 Å². The summed E-state index contributed by atoms with van der Waals surface area (Å²) in [7, 11) is -8.41. The first kappa shape index (κ1) is 49.7. The second kappa shape index (κ2) is 12.1. The summed E-state index contributed by atoms with van der Waals surface area (Å²) in [5, 5.41) is -8.39. The van der Waals surface area contributed by atoms with Crippen molar-refractivity contribution in [3.05, 3.63) is 0 Å². The van der Waals surface area contributed by atoms with E-state index >= 15 is 0 Å². The molecular weight excluding hydrogens is 877 g/mol. The monoisotopic (exact) mass is 880 g/mol. The predicted octanol–water partition coefficient (Wildman–Crippen LogP) is 9.26. The maximum Gasteiger partial charge on any atom is 0.438 e. The number of rotatable bonds is 17. The van der Waals surface area contributed by atoms with E-state index in [9.17, 15) is 145 Å². The number of alkyl halides is 31. The van der Waals surface area contributed by atoms with Crippen LogP contribution in [0.25, 0.3) is 0 Å². The molecule has 314 valence electrons. The molecule has 0 aromatic heterocycles. The van der Waals surface area contributed by atoms with Crippen molar-refractivity contribution in [2.24, 2.45) is 0 Å². The minimum atomic E-state index is -10.2. The van der Waals surface area contributed by atoms with Gasteiger partial charge in [-0.25, -0.2) is 4.39 Å². The molecule has 0 aliphatic heterocycles. The van der Waals surface area contributed by atoms with E-state index in [0.717, 1.165) is 0 Å². The molecule has 0 aliphatic rings. The highest BCUT2D eigenvalue weighted by Gasteiger charge is 3.01. The Morgan fingerprint density at radius 3 is 0.635 bits per heavy atom. The molecule has 0 aromatic carbocycles. The zero-order valence-electron chi connectivity index (χ0n) is 22.0. The Morgan fingerprint density at radius 2 is 0.481 bits per heavy atom. The van der Waals surface area contributed by atoms with E-state index in [4.69, 9.17) is 4.55 Å². The number of hydrogen-bond donors (Lipinski definition) is 1. The first-order valence-corrected chi connectivity index (χ1v) is 12.1. The van der Waals surface area contributed by atoms with Crippen LogP contribution >= 0.6 is 0 Å². The molecule has 1 N–H and O–H groups in total. The number of ether oxygens (including phenoxy) is 1. The van der Waals surface area contributed by atoms with Gasteiger partial charge in [0.1, 0.15) is 0 Å². The number of halogens is 31. The van der Waals surface area contributed by atoms with E-state index in [0.29, 0.717) is 0 Å². The van der Waals surface area contributed by atoms with Gasteiger partial charge in [-0.15, -0.1) is 0 Å². The van der Waals surface area contributed by atoms with Gasteiger partial charge in [-0.3, -0.25) is 9.29 Å². The summed E-state index contributed by atoms with van der Waals surface area (Å²) in [4.78, 5) is 0. The highest BCUT2D eigenvalue weighted by Crippen LogP contribution is 2.69. The molecule has 0 unspecified atom stereocenters. The van der Waals surface area contributed by atoms with Crippen LogP contribution in [-0.2, 0) is 14.9 Å². The highest BCUT2D eigenvalue weighted by atomic mass is 32.2. The Kier molecular flexibility index (Phi) is 11.6. The molecule has 0 radical (unpaired) electrons. The van der Waals surface area contributed by atoms with Gasteiger partial charge in [0.05, 0.1) is 0 Å². The van der Waals surface area contributed by atoms with Crippen molar-refractivity contribution in [2.45, 2.75) is 88.4 Å². The van der Waals surface area contributed by atoms with Crippen molar-refractivity contribution in [3.63, 3.8) is 0 Å². The Bertz CT molecular complexity index is 1430. The van der Waals surface area contributed by atoms with Crippen LogP contribution in [0.15, 0.2) is 0 Å². The molecule has 0 atom stereocenters. The number of hydrogen-bond acceptors (Lipinski definition) is 3. The SMILES string of the molecule is O=S(=O)(O)C(F)(F)C(F)(F)C(F)(F)C(F)(F)C(F)(F)C(F)(F)C(F)(F)C(F)(F)C(F)(F)C(F)(F)C(F)(F)C(F)(F)C(F)(F)C(F)(F)C(F)(F)OCF. The molecule has 0 spiro atoms. The Labute approximate surface area is 260 Å². The fraction of sp³-hybridized carbons (Fsp3) is 1.00. The summed E-state index contributed by atoms with van der Waals surface area (Å²) in [5.41, 5.74) is 0. The van der Waals surface area contributed by atoms with Crippen molar-refractivity contribution in [1.82, 2.24) is 0 Å². The topological polar surface area (TPSA) is 63.6 Å². The molecule has 36 heteroatoms. The van der Waals surface area contributed by atoms with Crippen LogP contribution in [0.5, 0.6) is 0 Å². The summed E-state index contributed by atoms with van der Waals surface area (Å²) in [5.74, 6) is -127. The molecule has 52 heavy (non-hydrogen) atoms. The molecule has 0 bridgehead atoms. The van der Waals surface area contributed by atoms with Gasteiger partial charge in [-0.05, 0) is 0 Å². The highest BCUT2D eigenvalue weighted by molar-refractivity contribution is 7.87. The van der Waals surface area contributed by atoms with E-state index < -0.39 is 105 Å². The fourth-order valence-electron chi connectivity index (χ4n) is 2.86. The minimum Gasteiger partial charge on any atom is -0.283 e. The van der Waals surface area contributed by atoms with Crippen molar-refractivity contribution in [3.8, 4) is 0 Å². The standard InChI is InChI=1S/C16H3F31O4S/c17-1-51-15(44,45)13(40,41)11(36,37)9(32,33)7(28,29)5(24,25)3(20,21)2(18,19)4(22,23)6(26,27)8(30,31)10(34,35)12(38,39)14(42,43)16(46,47)52(48,49)50/h1H2,(H,48,49,50). The van der Waals surface area contributed by atoms with Gasteiger partial charge < -0.3 is 0 Å². The lowest BCUT2D eigenvalue weighted by Gasteiger charge is -2.46. The Hall–Kier alpha value is -2.30. The maximum absolute atomic E-state index is 13.8. The van der Waals surface area contributed by atoms with Crippen molar-refractivity contribution < 1.29 is 154 Å². The summed E-state index contributed by atoms with van der Waals surface area (Å²) >= 11 is 0. The Balaban J connectivity index is 7.74. The molecule has 0 aromatic rings. The molecule has 0 rings (SSSR count). The summed E-state index contributed by atoms with van der Waals surface area (Å²) in [6, 6.07) is 0. The quantitative estimate of drug-likeness (QED) is 0.117. The van der Waals surface area contributed by atoms with E-state index in [2.05, 4.69) is 0 Å². The summed E-state index contributed by atoms with van der Waals surface area (Å²) in [6.07, 6.45) is -7.71. The summed E-state index contributed by atoms with van der Waals surface area (Å²) < 4.78 is 447. The van der Waals surface area contributed by atoms with Crippen LogP contribution in [0, 0.1) is 0 Å². The molecule has 0 amide bonds. The van der Waals surface area contributed by atoms with Gasteiger partial charge >= 0.3 is 98.5 Å². The molecule has 4 nitrogen and oxygen atoms in total. The smallest absolute Gasteiger partial charge is 0.283 e. The third-order valence-electron chi connectivity index (χ3n) is 6.02. The molecule has 0 saturated heterocycles. The molecule has 0 saturated carbocycles. The van der Waals surface area contributed by atoms with Gasteiger partial charge in [0.15, 0.2) is 6.86 Å². The van der Waals surface area contributed by atoms with E-state index in [1.165, 1.54) is 0 Å². The average molecular weight is 880 g/mol. The molecule has 0 heterocycles. The summed E-state index contributed by atoms with van der Waals surface area (Å²) in [6.45, 7) is -3.57. The second-order valence-corrected chi connectivity index (χ2v) is 10.7. The third-order valence-corrected chi connectivity index (χ3v) is 6.93. The third kappa shape index (κ3) is 5.57. The van der Waals surface area contributed by atoms with E-state index in [1.807, 2.05) is 0 Å². The van der Waals surface area contributed by atoms with Crippen LogP contribution in [0.1, 0.15) is 0 Å². The van der Waals surface area contributed by atoms with E-state index in [1.54, 1.807) is 4.74 Å². The van der Waals surface area contributed by atoms with Crippen LogP contribution in [0.3, 0.4) is 0 Å². The molecule has 0 fully saturated rings. The molecule has 0 aliphatic carbocycles. The lowest BCUT2D eigenvalue weighted by atomic mass is 9.83. The zero-order chi connectivity index (χ0) is 43.4. The normalized spacial score (nSPS) is 17.2. The predicted molar refractivity (Wildman–Crippen MR) is 92.8 cm³/mol. The van der Waals surface area contributed by atoms with Crippen LogP contribution in [-0.4, -0.2) is 108 Å². The van der Waals surface area contributed by atoms with Gasteiger partial charge in [-0.1, -0.05) is 0 Å². The van der Waals surface area contributed by atoms with Gasteiger partial charge in [-0.2, -0.15) is 140 Å². The van der Waals surface area contributed by atoms with Crippen molar-refractivity contribution in [1.29, 1.82) is 0 Å². The average Bonchev–Trinajstić information content (AvgIpc) is 2.90. The van der Waals surface area contributed by atoms with Gasteiger partial charge in [0.25, 0.3) is 0 Å². The second-order valence-electron chi connectivity index (χ2n) is 9.23. The fourth-order valence-corrected chi connectivity index (χ4v) is 3.31. The van der Waals surface area contributed by atoms with Gasteiger partial charge in [0.2, 0.25) is 0 Å².